The summed E-state index contributed by atoms with van der Waals surface area (Å²) in [5.74, 6) is 0.737. The molecule has 0 aliphatic carbocycles. The molecule has 0 amide bonds. The Balaban J connectivity index is 1.88. The van der Waals surface area contributed by atoms with Crippen LogP contribution in [0.3, 0.4) is 0 Å². The van der Waals surface area contributed by atoms with E-state index in [-0.39, 0.29) is 6.10 Å². The van der Waals surface area contributed by atoms with Gasteiger partial charge in [0.25, 0.3) is 0 Å². The van der Waals surface area contributed by atoms with Gasteiger partial charge in [-0.05, 0) is 23.8 Å². The SMILES string of the molecule is NCC1Cc2cc(S(=O)(=O)N3CCOCC3)ccc2O1. The van der Waals surface area contributed by atoms with Crippen LogP contribution in [0.2, 0.25) is 0 Å². The first-order chi connectivity index (χ1) is 9.61. The second-order valence-corrected chi connectivity index (χ2v) is 6.90. The first-order valence-corrected chi connectivity index (χ1v) is 8.13. The molecule has 1 atom stereocenters. The number of nitrogens with zero attached hydrogens (tertiary/aromatic N) is 1. The lowest BCUT2D eigenvalue weighted by molar-refractivity contribution is 0.0730. The molecule has 0 radical (unpaired) electrons. The van der Waals surface area contributed by atoms with E-state index in [2.05, 4.69) is 0 Å². The van der Waals surface area contributed by atoms with Crippen LogP contribution in [0.5, 0.6) is 5.75 Å². The minimum absolute atomic E-state index is 0.0497. The Hall–Kier alpha value is -1.15. The van der Waals surface area contributed by atoms with Crippen molar-refractivity contribution in [2.75, 3.05) is 32.8 Å². The molecule has 0 spiro atoms. The van der Waals surface area contributed by atoms with Crippen molar-refractivity contribution in [3.8, 4) is 5.75 Å². The summed E-state index contributed by atoms with van der Waals surface area (Å²) in [4.78, 5) is 0.319. The quantitative estimate of drug-likeness (QED) is 0.847. The lowest BCUT2D eigenvalue weighted by atomic mass is 10.1. The highest BCUT2D eigenvalue weighted by atomic mass is 32.2. The van der Waals surface area contributed by atoms with Crippen molar-refractivity contribution in [1.82, 2.24) is 4.31 Å². The highest BCUT2D eigenvalue weighted by molar-refractivity contribution is 7.89. The Bertz CT molecular complexity index is 596. The molecule has 1 aromatic rings. The standard InChI is InChI=1S/C13H18N2O4S/c14-9-11-7-10-8-12(1-2-13(10)19-11)20(16,17)15-3-5-18-6-4-15/h1-2,8,11H,3-7,9,14H2. The van der Waals surface area contributed by atoms with E-state index < -0.39 is 10.0 Å². The molecule has 2 aliphatic rings. The maximum Gasteiger partial charge on any atom is 0.243 e. The largest absolute Gasteiger partial charge is 0.488 e. The lowest BCUT2D eigenvalue weighted by Crippen LogP contribution is -2.40. The minimum atomic E-state index is -3.44. The van der Waals surface area contributed by atoms with Gasteiger partial charge in [-0.3, -0.25) is 0 Å². The maximum absolute atomic E-state index is 12.5. The second kappa shape index (κ2) is 5.33. The van der Waals surface area contributed by atoms with Gasteiger partial charge in [-0.1, -0.05) is 0 Å². The zero-order chi connectivity index (χ0) is 14.2. The molecule has 3 rings (SSSR count). The van der Waals surface area contributed by atoms with E-state index in [9.17, 15) is 8.42 Å². The molecule has 110 valence electrons. The number of ether oxygens (including phenoxy) is 2. The number of rotatable bonds is 3. The highest BCUT2D eigenvalue weighted by Crippen LogP contribution is 2.31. The van der Waals surface area contributed by atoms with Crippen LogP contribution >= 0.6 is 0 Å². The smallest absolute Gasteiger partial charge is 0.243 e. The van der Waals surface area contributed by atoms with Gasteiger partial charge < -0.3 is 15.2 Å². The van der Waals surface area contributed by atoms with Crippen LogP contribution in [-0.4, -0.2) is 51.7 Å². The van der Waals surface area contributed by atoms with Gasteiger partial charge in [-0.2, -0.15) is 4.31 Å². The molecule has 1 saturated heterocycles. The molecule has 2 aliphatic heterocycles. The van der Waals surface area contributed by atoms with Gasteiger partial charge in [0, 0.05) is 26.1 Å². The van der Waals surface area contributed by atoms with Gasteiger partial charge in [0.1, 0.15) is 11.9 Å². The summed E-state index contributed by atoms with van der Waals surface area (Å²) in [5, 5.41) is 0. The van der Waals surface area contributed by atoms with Crippen LogP contribution in [0.4, 0.5) is 0 Å². The molecule has 1 fully saturated rings. The first-order valence-electron chi connectivity index (χ1n) is 6.69. The molecular formula is C13H18N2O4S. The average Bonchev–Trinajstić information content (AvgIpc) is 2.90. The molecule has 2 heterocycles. The van der Waals surface area contributed by atoms with Gasteiger partial charge in [0.05, 0.1) is 18.1 Å². The Morgan fingerprint density at radius 2 is 2.05 bits per heavy atom. The van der Waals surface area contributed by atoms with E-state index in [4.69, 9.17) is 15.2 Å². The number of morpholine rings is 1. The zero-order valence-corrected chi connectivity index (χ0v) is 11.9. The Morgan fingerprint density at radius 3 is 2.75 bits per heavy atom. The summed E-state index contributed by atoms with van der Waals surface area (Å²) < 4.78 is 37.4. The normalized spacial score (nSPS) is 23.4. The summed E-state index contributed by atoms with van der Waals surface area (Å²) in [7, 11) is -3.44. The van der Waals surface area contributed by atoms with Crippen LogP contribution in [0.25, 0.3) is 0 Å². The van der Waals surface area contributed by atoms with Crippen molar-refractivity contribution < 1.29 is 17.9 Å². The summed E-state index contributed by atoms with van der Waals surface area (Å²) in [5.41, 5.74) is 6.50. The maximum atomic E-state index is 12.5. The number of benzene rings is 1. The van der Waals surface area contributed by atoms with Gasteiger partial charge in [0.15, 0.2) is 0 Å². The monoisotopic (exact) mass is 298 g/mol. The van der Waals surface area contributed by atoms with Crippen LogP contribution in [0.1, 0.15) is 5.56 Å². The number of hydrogen-bond donors (Lipinski definition) is 1. The third kappa shape index (κ3) is 2.42. The van der Waals surface area contributed by atoms with E-state index in [1.165, 1.54) is 4.31 Å². The van der Waals surface area contributed by atoms with Crippen molar-refractivity contribution in [2.45, 2.75) is 17.4 Å². The van der Waals surface area contributed by atoms with Gasteiger partial charge in [-0.25, -0.2) is 8.42 Å². The number of sulfonamides is 1. The van der Waals surface area contributed by atoms with Crippen LogP contribution < -0.4 is 10.5 Å². The van der Waals surface area contributed by atoms with Crippen molar-refractivity contribution in [2.24, 2.45) is 5.73 Å². The summed E-state index contributed by atoms with van der Waals surface area (Å²) in [6.45, 7) is 2.13. The molecule has 20 heavy (non-hydrogen) atoms. The Morgan fingerprint density at radius 1 is 1.30 bits per heavy atom. The molecule has 1 aromatic carbocycles. The molecule has 0 bridgehead atoms. The predicted molar refractivity (Wildman–Crippen MR) is 73.2 cm³/mol. The molecule has 7 heteroatoms. The van der Waals surface area contributed by atoms with E-state index in [0.717, 1.165) is 11.3 Å². The van der Waals surface area contributed by atoms with Gasteiger partial charge in [-0.15, -0.1) is 0 Å². The Labute approximate surface area is 118 Å². The van der Waals surface area contributed by atoms with Crippen LogP contribution in [-0.2, 0) is 21.2 Å². The van der Waals surface area contributed by atoms with E-state index in [1.807, 2.05) is 0 Å². The van der Waals surface area contributed by atoms with Crippen LogP contribution in [0.15, 0.2) is 23.1 Å². The minimum Gasteiger partial charge on any atom is -0.488 e. The second-order valence-electron chi connectivity index (χ2n) is 4.97. The summed E-state index contributed by atoms with van der Waals surface area (Å²) in [6, 6.07) is 5.02. The average molecular weight is 298 g/mol. The van der Waals surface area contributed by atoms with E-state index in [1.54, 1.807) is 18.2 Å². The van der Waals surface area contributed by atoms with Crippen molar-refractivity contribution in [3.05, 3.63) is 23.8 Å². The van der Waals surface area contributed by atoms with E-state index in [0.29, 0.717) is 44.2 Å². The third-order valence-corrected chi connectivity index (χ3v) is 5.54. The van der Waals surface area contributed by atoms with Gasteiger partial charge >= 0.3 is 0 Å². The topological polar surface area (TPSA) is 81.9 Å². The lowest BCUT2D eigenvalue weighted by Gasteiger charge is -2.26. The fraction of sp³-hybridized carbons (Fsp3) is 0.538. The van der Waals surface area contributed by atoms with Crippen molar-refractivity contribution >= 4 is 10.0 Å². The van der Waals surface area contributed by atoms with Crippen LogP contribution in [0, 0.1) is 0 Å². The molecule has 0 saturated carbocycles. The number of hydrogen-bond acceptors (Lipinski definition) is 5. The fourth-order valence-corrected chi connectivity index (χ4v) is 3.98. The third-order valence-electron chi connectivity index (χ3n) is 3.64. The molecule has 1 unspecified atom stereocenters. The summed E-state index contributed by atoms with van der Waals surface area (Å²) in [6.07, 6.45) is 0.615. The zero-order valence-electron chi connectivity index (χ0n) is 11.1. The van der Waals surface area contributed by atoms with Crippen molar-refractivity contribution in [3.63, 3.8) is 0 Å². The van der Waals surface area contributed by atoms with E-state index >= 15 is 0 Å². The predicted octanol–water partition coefficient (Wildman–Crippen LogP) is -0.0303. The number of nitrogens with two attached hydrogens (primary N) is 1. The molecule has 2 N–H and O–H groups in total. The molecular weight excluding hydrogens is 280 g/mol. The summed E-state index contributed by atoms with van der Waals surface area (Å²) >= 11 is 0. The number of fused-ring (bicyclic) bond motifs is 1. The first kappa shape index (κ1) is 13.8. The molecule has 6 nitrogen and oxygen atoms in total. The van der Waals surface area contributed by atoms with Gasteiger partial charge in [0.2, 0.25) is 10.0 Å². The fourth-order valence-electron chi connectivity index (χ4n) is 2.52. The molecule has 0 aromatic heterocycles. The highest BCUT2D eigenvalue weighted by Gasteiger charge is 2.29. The van der Waals surface area contributed by atoms with Crippen molar-refractivity contribution in [1.29, 1.82) is 0 Å². The Kier molecular flexibility index (Phi) is 3.68.